The van der Waals surface area contributed by atoms with Crippen LogP contribution in [-0.4, -0.2) is 0 Å². The zero-order valence-electron chi connectivity index (χ0n) is 7.60. The van der Waals surface area contributed by atoms with E-state index in [4.69, 9.17) is 11.6 Å². The van der Waals surface area contributed by atoms with E-state index in [1.54, 1.807) is 12.1 Å². The molecule has 0 saturated carbocycles. The van der Waals surface area contributed by atoms with Gasteiger partial charge in [-0.1, -0.05) is 23.7 Å². The van der Waals surface area contributed by atoms with Gasteiger partial charge in [0.25, 0.3) is 0 Å². The van der Waals surface area contributed by atoms with Gasteiger partial charge < -0.3 is 0 Å². The summed E-state index contributed by atoms with van der Waals surface area (Å²) in [6, 6.07) is 10.8. The standard InChI is InChI=1S/C12H6ClF2/c13-11-7-8(14)5-6-9(11)10-3-1-2-4-12(10)15/h1,3-7H. The quantitative estimate of drug-likeness (QED) is 0.683. The van der Waals surface area contributed by atoms with Crippen molar-refractivity contribution in [1.29, 1.82) is 0 Å². The van der Waals surface area contributed by atoms with Gasteiger partial charge in [-0.3, -0.25) is 0 Å². The van der Waals surface area contributed by atoms with E-state index in [2.05, 4.69) is 6.07 Å². The van der Waals surface area contributed by atoms with Crippen LogP contribution >= 0.6 is 11.6 Å². The minimum absolute atomic E-state index is 0.195. The summed E-state index contributed by atoms with van der Waals surface area (Å²) in [5, 5.41) is 0.195. The van der Waals surface area contributed by atoms with Crippen molar-refractivity contribution in [2.45, 2.75) is 0 Å². The number of benzene rings is 2. The third kappa shape index (κ3) is 2.00. The number of rotatable bonds is 1. The van der Waals surface area contributed by atoms with Crippen molar-refractivity contribution >= 4 is 11.6 Å². The van der Waals surface area contributed by atoms with Gasteiger partial charge in [-0.25, -0.2) is 8.78 Å². The highest BCUT2D eigenvalue weighted by molar-refractivity contribution is 6.33. The van der Waals surface area contributed by atoms with Gasteiger partial charge in [-0.2, -0.15) is 0 Å². The Bertz CT molecular complexity index is 495. The Hall–Kier alpha value is -1.41. The van der Waals surface area contributed by atoms with Crippen LogP contribution in [0.15, 0.2) is 36.4 Å². The molecule has 2 aromatic carbocycles. The molecule has 0 unspecified atom stereocenters. The summed E-state index contributed by atoms with van der Waals surface area (Å²) in [5.41, 5.74) is 0.823. The van der Waals surface area contributed by atoms with Gasteiger partial charge in [0.05, 0.1) is 5.02 Å². The second-order valence-electron chi connectivity index (χ2n) is 3.03. The van der Waals surface area contributed by atoms with Crippen LogP contribution in [0, 0.1) is 17.7 Å². The normalized spacial score (nSPS) is 10.3. The van der Waals surface area contributed by atoms with Crippen LogP contribution in [0.1, 0.15) is 0 Å². The SMILES string of the molecule is Fc1ccc(-c2cc[c]cc2F)c(Cl)c1. The number of halogens is 3. The van der Waals surface area contributed by atoms with E-state index in [0.717, 1.165) is 6.07 Å². The van der Waals surface area contributed by atoms with Gasteiger partial charge in [0.1, 0.15) is 11.6 Å². The first-order chi connectivity index (χ1) is 7.18. The Morgan fingerprint density at radius 2 is 1.87 bits per heavy atom. The van der Waals surface area contributed by atoms with Gasteiger partial charge in [0, 0.05) is 11.1 Å². The summed E-state index contributed by atoms with van der Waals surface area (Å²) in [7, 11) is 0. The molecule has 0 aromatic heterocycles. The van der Waals surface area contributed by atoms with Gasteiger partial charge in [0.2, 0.25) is 0 Å². The van der Waals surface area contributed by atoms with Crippen LogP contribution in [0.5, 0.6) is 0 Å². The largest absolute Gasteiger partial charge is 0.207 e. The minimum atomic E-state index is -0.438. The third-order valence-electron chi connectivity index (χ3n) is 2.03. The summed E-state index contributed by atoms with van der Waals surface area (Å²) >= 11 is 5.82. The molecule has 2 rings (SSSR count). The van der Waals surface area contributed by atoms with Crippen LogP contribution in [-0.2, 0) is 0 Å². The molecule has 2 aromatic rings. The highest BCUT2D eigenvalue weighted by Crippen LogP contribution is 2.29. The van der Waals surface area contributed by atoms with Crippen molar-refractivity contribution in [1.82, 2.24) is 0 Å². The molecule has 0 bridgehead atoms. The van der Waals surface area contributed by atoms with E-state index in [9.17, 15) is 8.78 Å². The predicted molar refractivity (Wildman–Crippen MR) is 55.6 cm³/mol. The molecule has 0 aliphatic heterocycles. The maximum atomic E-state index is 13.4. The van der Waals surface area contributed by atoms with Crippen LogP contribution < -0.4 is 0 Å². The average molecular weight is 224 g/mol. The first-order valence-electron chi connectivity index (χ1n) is 4.29. The fourth-order valence-electron chi connectivity index (χ4n) is 1.34. The van der Waals surface area contributed by atoms with Gasteiger partial charge in [-0.15, -0.1) is 0 Å². The van der Waals surface area contributed by atoms with Crippen LogP contribution in [0.4, 0.5) is 8.78 Å². The monoisotopic (exact) mass is 223 g/mol. The Morgan fingerprint density at radius 3 is 2.53 bits per heavy atom. The molecular formula is C12H6ClF2. The zero-order valence-corrected chi connectivity index (χ0v) is 8.35. The molecule has 0 aliphatic rings. The Labute approximate surface area is 91.1 Å². The Morgan fingerprint density at radius 1 is 1.07 bits per heavy atom. The highest BCUT2D eigenvalue weighted by Gasteiger charge is 2.08. The van der Waals surface area contributed by atoms with Gasteiger partial charge in [-0.05, 0) is 30.3 Å². The zero-order chi connectivity index (χ0) is 10.8. The lowest BCUT2D eigenvalue weighted by molar-refractivity contribution is 0.625. The van der Waals surface area contributed by atoms with Crippen LogP contribution in [0.2, 0.25) is 5.02 Å². The molecule has 0 aliphatic carbocycles. The molecule has 15 heavy (non-hydrogen) atoms. The average Bonchev–Trinajstić information content (AvgIpc) is 2.20. The second kappa shape index (κ2) is 3.99. The Kier molecular flexibility index (Phi) is 2.69. The smallest absolute Gasteiger partial charge is 0.131 e. The van der Waals surface area contributed by atoms with Crippen molar-refractivity contribution in [2.24, 2.45) is 0 Å². The minimum Gasteiger partial charge on any atom is -0.207 e. The number of hydrogen-bond acceptors (Lipinski definition) is 0. The first kappa shape index (κ1) is 10.1. The van der Waals surface area contributed by atoms with Crippen molar-refractivity contribution < 1.29 is 8.78 Å². The summed E-state index contributed by atoms with van der Waals surface area (Å²) < 4.78 is 26.2. The molecule has 0 amide bonds. The van der Waals surface area contributed by atoms with Crippen LogP contribution in [0.3, 0.4) is 0 Å². The fourth-order valence-corrected chi connectivity index (χ4v) is 1.61. The molecule has 0 fully saturated rings. The fraction of sp³-hybridized carbons (Fsp3) is 0. The summed E-state index contributed by atoms with van der Waals surface area (Å²) in [6.07, 6.45) is 0. The molecule has 0 nitrogen and oxygen atoms in total. The van der Waals surface area contributed by atoms with E-state index in [-0.39, 0.29) is 5.02 Å². The lowest BCUT2D eigenvalue weighted by Crippen LogP contribution is -1.85. The first-order valence-corrected chi connectivity index (χ1v) is 4.67. The van der Waals surface area contributed by atoms with Crippen molar-refractivity contribution in [3.8, 4) is 11.1 Å². The van der Waals surface area contributed by atoms with E-state index < -0.39 is 11.6 Å². The molecule has 75 valence electrons. The molecule has 1 radical (unpaired) electrons. The van der Waals surface area contributed by atoms with Gasteiger partial charge >= 0.3 is 0 Å². The summed E-state index contributed by atoms with van der Waals surface area (Å²) in [5.74, 6) is -0.863. The maximum Gasteiger partial charge on any atom is 0.131 e. The third-order valence-corrected chi connectivity index (χ3v) is 2.35. The number of hydrogen-bond donors (Lipinski definition) is 0. The van der Waals surface area contributed by atoms with E-state index in [0.29, 0.717) is 11.1 Å². The van der Waals surface area contributed by atoms with Crippen molar-refractivity contribution in [3.05, 3.63) is 59.1 Å². The highest BCUT2D eigenvalue weighted by atomic mass is 35.5. The van der Waals surface area contributed by atoms with Crippen molar-refractivity contribution in [2.75, 3.05) is 0 Å². The van der Waals surface area contributed by atoms with E-state index in [1.165, 1.54) is 18.2 Å². The molecule has 0 N–H and O–H groups in total. The summed E-state index contributed by atoms with van der Waals surface area (Å²) in [4.78, 5) is 0. The predicted octanol–water partition coefficient (Wildman–Crippen LogP) is 4.09. The molecule has 0 heterocycles. The van der Waals surface area contributed by atoms with E-state index in [1.807, 2.05) is 0 Å². The lowest BCUT2D eigenvalue weighted by Gasteiger charge is -2.05. The Balaban J connectivity index is 2.60. The van der Waals surface area contributed by atoms with Gasteiger partial charge in [0.15, 0.2) is 0 Å². The summed E-state index contributed by atoms with van der Waals surface area (Å²) in [6.45, 7) is 0. The topological polar surface area (TPSA) is 0 Å². The van der Waals surface area contributed by atoms with E-state index >= 15 is 0 Å². The maximum absolute atomic E-state index is 13.4. The molecule has 3 heteroatoms. The second-order valence-corrected chi connectivity index (χ2v) is 3.44. The molecular weight excluding hydrogens is 218 g/mol. The van der Waals surface area contributed by atoms with Crippen molar-refractivity contribution in [3.63, 3.8) is 0 Å². The lowest BCUT2D eigenvalue weighted by atomic mass is 10.1. The molecule has 0 spiro atoms. The molecule has 0 saturated heterocycles. The van der Waals surface area contributed by atoms with Crippen LogP contribution in [0.25, 0.3) is 11.1 Å². The molecule has 0 atom stereocenters.